The third-order valence-electron chi connectivity index (χ3n) is 2.70. The van der Waals surface area contributed by atoms with Gasteiger partial charge >= 0.3 is 0 Å². The van der Waals surface area contributed by atoms with Gasteiger partial charge in [0.2, 0.25) is 0 Å². The lowest BCUT2D eigenvalue weighted by Gasteiger charge is -2.21. The first-order valence-electron chi connectivity index (χ1n) is 5.65. The van der Waals surface area contributed by atoms with E-state index in [1.165, 1.54) is 17.7 Å². The first kappa shape index (κ1) is 10.9. The highest BCUT2D eigenvalue weighted by molar-refractivity contribution is 7.15. The molecule has 15 heavy (non-hydrogen) atoms. The van der Waals surface area contributed by atoms with E-state index < -0.39 is 0 Å². The summed E-state index contributed by atoms with van der Waals surface area (Å²) in [6.07, 6.45) is 5.51. The Bertz CT molecular complexity index is 295. The summed E-state index contributed by atoms with van der Waals surface area (Å²) >= 11 is 1.76. The molecule has 1 aliphatic rings. The topological polar surface area (TPSA) is 34.2 Å². The Labute approximate surface area is 94.9 Å². The fourth-order valence-corrected chi connectivity index (χ4v) is 2.51. The molecule has 2 rings (SSSR count). The van der Waals surface area contributed by atoms with Crippen LogP contribution in [-0.4, -0.2) is 24.7 Å². The van der Waals surface area contributed by atoms with E-state index in [4.69, 9.17) is 4.74 Å². The van der Waals surface area contributed by atoms with E-state index in [0.29, 0.717) is 5.92 Å². The minimum atomic E-state index is 0.660. The lowest BCUT2D eigenvalue weighted by atomic mass is 10.0. The average Bonchev–Trinajstić information content (AvgIpc) is 2.76. The summed E-state index contributed by atoms with van der Waals surface area (Å²) in [7, 11) is 0. The fourth-order valence-electron chi connectivity index (χ4n) is 1.75. The van der Waals surface area contributed by atoms with E-state index in [1.807, 2.05) is 6.20 Å². The van der Waals surface area contributed by atoms with E-state index in [9.17, 15) is 0 Å². The molecule has 84 valence electrons. The second-order valence-electron chi connectivity index (χ2n) is 3.95. The number of aromatic nitrogens is 1. The SMILES string of the molecule is CCc1cnc(NCC2CCCOC2)s1. The van der Waals surface area contributed by atoms with Gasteiger partial charge in [-0.3, -0.25) is 0 Å². The summed E-state index contributed by atoms with van der Waals surface area (Å²) in [5, 5.41) is 4.45. The molecule has 1 atom stereocenters. The van der Waals surface area contributed by atoms with Crippen LogP contribution in [0.25, 0.3) is 0 Å². The highest BCUT2D eigenvalue weighted by Crippen LogP contribution is 2.20. The zero-order valence-corrected chi connectivity index (χ0v) is 9.98. The molecule has 0 radical (unpaired) electrons. The molecular formula is C11H18N2OS. The predicted molar refractivity (Wildman–Crippen MR) is 63.5 cm³/mol. The van der Waals surface area contributed by atoms with Crippen LogP contribution in [0.2, 0.25) is 0 Å². The van der Waals surface area contributed by atoms with Gasteiger partial charge in [-0.05, 0) is 25.2 Å². The summed E-state index contributed by atoms with van der Waals surface area (Å²) < 4.78 is 5.44. The maximum atomic E-state index is 5.44. The fraction of sp³-hybridized carbons (Fsp3) is 0.727. The van der Waals surface area contributed by atoms with Crippen molar-refractivity contribution in [2.75, 3.05) is 25.1 Å². The summed E-state index contributed by atoms with van der Waals surface area (Å²) in [6, 6.07) is 0. The number of hydrogen-bond donors (Lipinski definition) is 1. The van der Waals surface area contributed by atoms with Crippen molar-refractivity contribution in [2.24, 2.45) is 5.92 Å². The Morgan fingerprint density at radius 1 is 1.67 bits per heavy atom. The molecule has 0 saturated carbocycles. The molecule has 1 aromatic rings. The summed E-state index contributed by atoms with van der Waals surface area (Å²) in [6.45, 7) is 5.00. The molecule has 1 aromatic heterocycles. The van der Waals surface area contributed by atoms with Crippen molar-refractivity contribution in [3.8, 4) is 0 Å². The lowest BCUT2D eigenvalue weighted by molar-refractivity contribution is 0.0595. The smallest absolute Gasteiger partial charge is 0.182 e. The van der Waals surface area contributed by atoms with Crippen LogP contribution in [-0.2, 0) is 11.2 Å². The monoisotopic (exact) mass is 226 g/mol. The minimum absolute atomic E-state index is 0.660. The van der Waals surface area contributed by atoms with E-state index >= 15 is 0 Å². The highest BCUT2D eigenvalue weighted by atomic mass is 32.1. The highest BCUT2D eigenvalue weighted by Gasteiger charge is 2.13. The molecule has 3 nitrogen and oxygen atoms in total. The van der Waals surface area contributed by atoms with Gasteiger partial charge in [0.15, 0.2) is 5.13 Å². The van der Waals surface area contributed by atoms with Crippen molar-refractivity contribution in [3.05, 3.63) is 11.1 Å². The molecule has 1 fully saturated rings. The maximum absolute atomic E-state index is 5.44. The molecule has 1 unspecified atom stereocenters. The second-order valence-corrected chi connectivity index (χ2v) is 5.06. The number of hydrogen-bond acceptors (Lipinski definition) is 4. The van der Waals surface area contributed by atoms with E-state index in [1.54, 1.807) is 11.3 Å². The number of aryl methyl sites for hydroxylation is 1. The van der Waals surface area contributed by atoms with Gasteiger partial charge in [-0.1, -0.05) is 6.92 Å². The first-order chi connectivity index (χ1) is 7.38. The number of ether oxygens (including phenoxy) is 1. The molecular weight excluding hydrogens is 208 g/mol. The number of nitrogens with one attached hydrogen (secondary N) is 1. The van der Waals surface area contributed by atoms with Crippen LogP contribution in [0.3, 0.4) is 0 Å². The van der Waals surface area contributed by atoms with Crippen LogP contribution in [0.4, 0.5) is 5.13 Å². The Kier molecular flexibility index (Phi) is 3.97. The van der Waals surface area contributed by atoms with Gasteiger partial charge in [0, 0.05) is 24.2 Å². The Morgan fingerprint density at radius 3 is 3.27 bits per heavy atom. The van der Waals surface area contributed by atoms with Gasteiger partial charge < -0.3 is 10.1 Å². The zero-order chi connectivity index (χ0) is 10.5. The van der Waals surface area contributed by atoms with Crippen LogP contribution in [0.5, 0.6) is 0 Å². The van der Waals surface area contributed by atoms with E-state index in [-0.39, 0.29) is 0 Å². The van der Waals surface area contributed by atoms with Crippen molar-refractivity contribution >= 4 is 16.5 Å². The maximum Gasteiger partial charge on any atom is 0.182 e. The molecule has 0 bridgehead atoms. The predicted octanol–water partition coefficient (Wildman–Crippen LogP) is 2.54. The van der Waals surface area contributed by atoms with Crippen molar-refractivity contribution in [1.82, 2.24) is 4.98 Å². The molecule has 1 saturated heterocycles. The van der Waals surface area contributed by atoms with Crippen molar-refractivity contribution in [2.45, 2.75) is 26.2 Å². The molecule has 0 amide bonds. The lowest BCUT2D eigenvalue weighted by Crippen LogP contribution is -2.24. The van der Waals surface area contributed by atoms with Crippen molar-refractivity contribution in [1.29, 1.82) is 0 Å². The molecule has 0 spiro atoms. The third kappa shape index (κ3) is 3.18. The van der Waals surface area contributed by atoms with Gasteiger partial charge in [0.05, 0.1) is 6.61 Å². The Morgan fingerprint density at radius 2 is 2.60 bits per heavy atom. The standard InChI is InChI=1S/C11H18N2OS/c1-2-10-7-13-11(15-10)12-6-9-4-3-5-14-8-9/h7,9H,2-6,8H2,1H3,(H,12,13). The number of nitrogens with zero attached hydrogens (tertiary/aromatic N) is 1. The third-order valence-corrected chi connectivity index (χ3v) is 3.80. The van der Waals surface area contributed by atoms with Gasteiger partial charge in [-0.25, -0.2) is 4.98 Å². The zero-order valence-electron chi connectivity index (χ0n) is 9.16. The molecule has 0 aliphatic carbocycles. The van der Waals surface area contributed by atoms with E-state index in [2.05, 4.69) is 17.2 Å². The number of rotatable bonds is 4. The molecule has 1 aliphatic heterocycles. The largest absolute Gasteiger partial charge is 0.381 e. The first-order valence-corrected chi connectivity index (χ1v) is 6.46. The van der Waals surface area contributed by atoms with Crippen molar-refractivity contribution < 1.29 is 4.74 Å². The van der Waals surface area contributed by atoms with Gasteiger partial charge in [0.1, 0.15) is 0 Å². The Balaban J connectivity index is 1.76. The van der Waals surface area contributed by atoms with Gasteiger partial charge in [-0.2, -0.15) is 0 Å². The molecule has 1 N–H and O–H groups in total. The van der Waals surface area contributed by atoms with Crippen LogP contribution in [0.15, 0.2) is 6.20 Å². The van der Waals surface area contributed by atoms with Gasteiger partial charge in [-0.15, -0.1) is 11.3 Å². The summed E-state index contributed by atoms with van der Waals surface area (Å²) in [5.41, 5.74) is 0. The molecule has 0 aromatic carbocycles. The van der Waals surface area contributed by atoms with Crippen LogP contribution < -0.4 is 5.32 Å². The summed E-state index contributed by atoms with van der Waals surface area (Å²) in [4.78, 5) is 5.68. The van der Waals surface area contributed by atoms with Crippen molar-refractivity contribution in [3.63, 3.8) is 0 Å². The van der Waals surface area contributed by atoms with E-state index in [0.717, 1.165) is 31.3 Å². The minimum Gasteiger partial charge on any atom is -0.381 e. The quantitative estimate of drug-likeness (QED) is 0.856. The van der Waals surface area contributed by atoms with Crippen LogP contribution >= 0.6 is 11.3 Å². The molecule has 2 heterocycles. The van der Waals surface area contributed by atoms with Crippen LogP contribution in [0, 0.1) is 5.92 Å². The number of anilines is 1. The normalized spacial score (nSPS) is 21.5. The number of thiazole rings is 1. The second kappa shape index (κ2) is 5.47. The Hall–Kier alpha value is -0.610. The average molecular weight is 226 g/mol. The molecule has 4 heteroatoms. The van der Waals surface area contributed by atoms with Crippen LogP contribution in [0.1, 0.15) is 24.6 Å². The summed E-state index contributed by atoms with van der Waals surface area (Å²) in [5.74, 6) is 0.660. The van der Waals surface area contributed by atoms with Gasteiger partial charge in [0.25, 0.3) is 0 Å².